The van der Waals surface area contributed by atoms with E-state index in [1.807, 2.05) is 66.5 Å². The molecule has 1 aliphatic heterocycles. The molecule has 0 radical (unpaired) electrons. The molecule has 0 bridgehead atoms. The SMILES string of the molecule is CCNC(=O)N1CCCN(c2ccc(C(=O)N[C@H]3C[C@@H]3c3ccccc3)cc2NC(=O)C2C=CC=CC2)CC1. The number of allylic oxidation sites excluding steroid dienone is 3. The average Bonchev–Trinajstić information content (AvgIpc) is 3.77. The highest BCUT2D eigenvalue weighted by Gasteiger charge is 2.39. The number of hydrogen-bond acceptors (Lipinski definition) is 4. The molecule has 3 N–H and O–H groups in total. The molecule has 3 atom stereocenters. The Hall–Kier alpha value is -4.07. The smallest absolute Gasteiger partial charge is 0.317 e. The molecule has 0 aromatic heterocycles. The molecule has 2 aromatic carbocycles. The molecule has 8 nitrogen and oxygen atoms in total. The molecule has 2 aliphatic carbocycles. The first kappa shape index (κ1) is 26.5. The van der Waals surface area contributed by atoms with Gasteiger partial charge in [-0.3, -0.25) is 9.59 Å². The summed E-state index contributed by atoms with van der Waals surface area (Å²) in [6, 6.07) is 15.8. The average molecular weight is 528 g/mol. The number of rotatable bonds is 7. The summed E-state index contributed by atoms with van der Waals surface area (Å²) < 4.78 is 0. The minimum Gasteiger partial charge on any atom is -0.368 e. The highest BCUT2D eigenvalue weighted by Crippen LogP contribution is 2.41. The third-order valence-electron chi connectivity index (χ3n) is 7.62. The van der Waals surface area contributed by atoms with Crippen molar-refractivity contribution in [2.45, 2.75) is 38.1 Å². The molecule has 1 unspecified atom stereocenters. The van der Waals surface area contributed by atoms with Crippen LogP contribution in [-0.2, 0) is 4.79 Å². The van der Waals surface area contributed by atoms with Gasteiger partial charge in [0.1, 0.15) is 0 Å². The second-order valence-electron chi connectivity index (χ2n) is 10.4. The molecule has 1 saturated heterocycles. The number of anilines is 2. The molecule has 1 saturated carbocycles. The first-order valence-corrected chi connectivity index (χ1v) is 13.9. The lowest BCUT2D eigenvalue weighted by Crippen LogP contribution is -2.42. The zero-order chi connectivity index (χ0) is 27.2. The summed E-state index contributed by atoms with van der Waals surface area (Å²) in [6.45, 7) is 5.15. The van der Waals surface area contributed by atoms with Gasteiger partial charge in [-0.15, -0.1) is 0 Å². The molecule has 2 aromatic rings. The van der Waals surface area contributed by atoms with Gasteiger partial charge in [0, 0.05) is 50.2 Å². The highest BCUT2D eigenvalue weighted by atomic mass is 16.2. The topological polar surface area (TPSA) is 93.8 Å². The molecule has 2 fully saturated rings. The largest absolute Gasteiger partial charge is 0.368 e. The Morgan fingerprint density at radius 2 is 1.82 bits per heavy atom. The lowest BCUT2D eigenvalue weighted by Gasteiger charge is -2.27. The van der Waals surface area contributed by atoms with Crippen molar-refractivity contribution in [1.82, 2.24) is 15.5 Å². The van der Waals surface area contributed by atoms with Gasteiger partial charge in [-0.2, -0.15) is 0 Å². The normalized spacial score (nSPS) is 22.1. The van der Waals surface area contributed by atoms with Crippen LogP contribution in [-0.4, -0.2) is 61.5 Å². The maximum absolute atomic E-state index is 13.2. The van der Waals surface area contributed by atoms with E-state index in [-0.39, 0.29) is 29.8 Å². The van der Waals surface area contributed by atoms with Crippen LogP contribution in [0.3, 0.4) is 0 Å². The lowest BCUT2D eigenvalue weighted by atomic mass is 9.99. The Morgan fingerprint density at radius 1 is 0.974 bits per heavy atom. The van der Waals surface area contributed by atoms with Crippen molar-refractivity contribution < 1.29 is 14.4 Å². The lowest BCUT2D eigenvalue weighted by molar-refractivity contribution is -0.118. The van der Waals surface area contributed by atoms with Gasteiger partial charge in [-0.1, -0.05) is 54.6 Å². The van der Waals surface area contributed by atoms with E-state index in [9.17, 15) is 14.4 Å². The number of nitrogens with one attached hydrogen (secondary N) is 3. The van der Waals surface area contributed by atoms with Crippen LogP contribution in [0.1, 0.15) is 48.0 Å². The van der Waals surface area contributed by atoms with Crippen molar-refractivity contribution in [3.8, 4) is 0 Å². The molecule has 1 heterocycles. The minimum absolute atomic E-state index is 0.0501. The summed E-state index contributed by atoms with van der Waals surface area (Å²) in [6.07, 6.45) is 10.1. The van der Waals surface area contributed by atoms with Crippen molar-refractivity contribution in [2.75, 3.05) is 42.9 Å². The number of carbonyl (C=O) groups is 3. The molecule has 39 heavy (non-hydrogen) atoms. The fraction of sp³-hybridized carbons (Fsp3) is 0.387. The van der Waals surface area contributed by atoms with E-state index in [0.29, 0.717) is 49.8 Å². The number of urea groups is 1. The van der Waals surface area contributed by atoms with Gasteiger partial charge in [0.15, 0.2) is 0 Å². The zero-order valence-corrected chi connectivity index (χ0v) is 22.4. The number of amides is 4. The van der Waals surface area contributed by atoms with Crippen LogP contribution in [0, 0.1) is 5.92 Å². The Morgan fingerprint density at radius 3 is 2.59 bits per heavy atom. The van der Waals surface area contributed by atoms with E-state index in [4.69, 9.17) is 0 Å². The summed E-state index contributed by atoms with van der Waals surface area (Å²) >= 11 is 0. The van der Waals surface area contributed by atoms with Crippen LogP contribution >= 0.6 is 0 Å². The van der Waals surface area contributed by atoms with Crippen molar-refractivity contribution in [3.63, 3.8) is 0 Å². The maximum atomic E-state index is 13.2. The van der Waals surface area contributed by atoms with Crippen LogP contribution < -0.4 is 20.9 Å². The predicted molar refractivity (Wildman–Crippen MR) is 154 cm³/mol. The third kappa shape index (κ3) is 6.50. The van der Waals surface area contributed by atoms with Crippen molar-refractivity contribution in [3.05, 3.63) is 84.0 Å². The van der Waals surface area contributed by atoms with Gasteiger partial charge < -0.3 is 25.8 Å². The van der Waals surface area contributed by atoms with Gasteiger partial charge in [0.05, 0.1) is 17.3 Å². The predicted octanol–water partition coefficient (Wildman–Crippen LogP) is 4.28. The Balaban J connectivity index is 1.33. The third-order valence-corrected chi connectivity index (χ3v) is 7.62. The van der Waals surface area contributed by atoms with Gasteiger partial charge in [0.2, 0.25) is 5.91 Å². The molecular formula is C31H37N5O3. The first-order valence-electron chi connectivity index (χ1n) is 13.9. The van der Waals surface area contributed by atoms with Crippen molar-refractivity contribution in [2.24, 2.45) is 5.92 Å². The Kier molecular flexibility index (Phi) is 8.30. The monoisotopic (exact) mass is 527 g/mol. The number of carbonyl (C=O) groups excluding carboxylic acids is 3. The maximum Gasteiger partial charge on any atom is 0.317 e. The quantitative estimate of drug-likeness (QED) is 0.501. The fourth-order valence-electron chi connectivity index (χ4n) is 5.35. The van der Waals surface area contributed by atoms with Crippen LogP contribution in [0.5, 0.6) is 0 Å². The minimum atomic E-state index is -0.254. The van der Waals surface area contributed by atoms with Crippen LogP contribution in [0.4, 0.5) is 16.2 Å². The molecule has 204 valence electrons. The molecule has 4 amide bonds. The van der Waals surface area contributed by atoms with Gasteiger partial charge in [0.25, 0.3) is 5.91 Å². The Bertz CT molecular complexity index is 1260. The van der Waals surface area contributed by atoms with Crippen LogP contribution in [0.2, 0.25) is 0 Å². The van der Waals surface area contributed by atoms with Crippen molar-refractivity contribution in [1.29, 1.82) is 0 Å². The molecule has 0 spiro atoms. The summed E-state index contributed by atoms with van der Waals surface area (Å²) in [4.78, 5) is 42.8. The second kappa shape index (κ2) is 12.2. The summed E-state index contributed by atoms with van der Waals surface area (Å²) in [5, 5.41) is 9.16. The van der Waals surface area contributed by atoms with E-state index in [0.717, 1.165) is 25.1 Å². The summed E-state index contributed by atoms with van der Waals surface area (Å²) in [5.41, 5.74) is 3.24. The number of benzene rings is 2. The van der Waals surface area contributed by atoms with Gasteiger partial charge in [-0.05, 0) is 49.9 Å². The molecule has 3 aliphatic rings. The van der Waals surface area contributed by atoms with E-state index in [1.54, 1.807) is 6.07 Å². The van der Waals surface area contributed by atoms with E-state index >= 15 is 0 Å². The van der Waals surface area contributed by atoms with E-state index in [1.165, 1.54) is 5.56 Å². The van der Waals surface area contributed by atoms with Gasteiger partial charge >= 0.3 is 6.03 Å². The first-order chi connectivity index (χ1) is 19.0. The number of hydrogen-bond donors (Lipinski definition) is 3. The molecule has 8 heteroatoms. The van der Waals surface area contributed by atoms with E-state index < -0.39 is 0 Å². The summed E-state index contributed by atoms with van der Waals surface area (Å²) in [5.74, 6) is -0.153. The van der Waals surface area contributed by atoms with E-state index in [2.05, 4.69) is 33.0 Å². The number of nitrogens with zero attached hydrogens (tertiary/aromatic N) is 2. The fourth-order valence-corrected chi connectivity index (χ4v) is 5.35. The van der Waals surface area contributed by atoms with Gasteiger partial charge in [-0.25, -0.2) is 4.79 Å². The van der Waals surface area contributed by atoms with Crippen molar-refractivity contribution >= 4 is 29.2 Å². The molecule has 5 rings (SSSR count). The Labute approximate surface area is 230 Å². The molecular weight excluding hydrogens is 490 g/mol. The standard InChI is InChI=1S/C31H37N5O3/c1-2-32-31(39)36-17-9-16-35(18-19-36)28-15-14-24(20-27(28)34-29(37)23-12-7-4-8-13-23)30(38)33-26-21-25(26)22-10-5-3-6-11-22/h3-8,10-12,14-15,20,23,25-26H,2,9,13,16-19,21H2,1H3,(H,32,39)(H,33,38)(H,34,37)/t23?,25-,26+/m1/s1. The van der Waals surface area contributed by atoms with Crippen LogP contribution in [0.25, 0.3) is 0 Å². The zero-order valence-electron chi connectivity index (χ0n) is 22.4. The van der Waals surface area contributed by atoms with Crippen LogP contribution in [0.15, 0.2) is 72.8 Å². The highest BCUT2D eigenvalue weighted by molar-refractivity contribution is 6.01. The second-order valence-corrected chi connectivity index (χ2v) is 10.4. The summed E-state index contributed by atoms with van der Waals surface area (Å²) in [7, 11) is 0.